The van der Waals surface area contributed by atoms with Gasteiger partial charge in [0.15, 0.2) is 0 Å². The summed E-state index contributed by atoms with van der Waals surface area (Å²) in [4.78, 5) is 13.5. The molecule has 2 rings (SSSR count). The molecule has 23 heavy (non-hydrogen) atoms. The van der Waals surface area contributed by atoms with E-state index in [-0.39, 0.29) is 11.3 Å². The molecular formula is C11H9F3N4O4S. The van der Waals surface area contributed by atoms with Gasteiger partial charge in [0.05, 0.1) is 10.5 Å². The number of rotatable bonds is 3. The Labute approximate surface area is 127 Å². The van der Waals surface area contributed by atoms with Crippen molar-refractivity contribution in [1.29, 1.82) is 0 Å². The van der Waals surface area contributed by atoms with E-state index in [0.29, 0.717) is 0 Å². The Balaban J connectivity index is 2.58. The molecular weight excluding hydrogens is 341 g/mol. The third-order valence-electron chi connectivity index (χ3n) is 2.52. The van der Waals surface area contributed by atoms with E-state index in [1.807, 2.05) is 0 Å². The van der Waals surface area contributed by atoms with E-state index in [1.165, 1.54) is 13.0 Å². The molecule has 1 heterocycles. The third kappa shape index (κ3) is 3.84. The lowest BCUT2D eigenvalue weighted by Crippen LogP contribution is -2.15. The number of aromatic nitrogens is 2. The van der Waals surface area contributed by atoms with E-state index < -0.39 is 38.7 Å². The molecule has 1 aromatic heterocycles. The first kappa shape index (κ1) is 16.9. The Bertz CT molecular complexity index is 860. The summed E-state index contributed by atoms with van der Waals surface area (Å²) in [7, 11) is -4.33. The highest BCUT2D eigenvalue weighted by molar-refractivity contribution is 7.89. The highest BCUT2D eigenvalue weighted by atomic mass is 32.2. The zero-order chi connectivity index (χ0) is 17.4. The number of anilines is 1. The Morgan fingerprint density at radius 1 is 1.35 bits per heavy atom. The number of nitrogens with one attached hydrogen (secondary N) is 1. The van der Waals surface area contributed by atoms with Gasteiger partial charge < -0.3 is 9.84 Å². The predicted octanol–water partition coefficient (Wildman–Crippen LogP) is 1.36. The summed E-state index contributed by atoms with van der Waals surface area (Å²) < 4.78 is 65.1. The van der Waals surface area contributed by atoms with Gasteiger partial charge in [-0.05, 0) is 18.2 Å². The number of nitrogens with two attached hydrogens (primary N) is 1. The van der Waals surface area contributed by atoms with E-state index in [0.717, 1.165) is 12.1 Å². The molecule has 0 fully saturated rings. The number of hydrogen-bond acceptors (Lipinski definition) is 6. The van der Waals surface area contributed by atoms with Crippen molar-refractivity contribution in [2.75, 3.05) is 5.32 Å². The number of carbonyl (C=O) groups excluding carboxylic acids is 1. The van der Waals surface area contributed by atoms with E-state index >= 15 is 0 Å². The maximum atomic E-state index is 12.5. The normalized spacial score (nSPS) is 12.2. The standard InChI is InChI=1S/C11H9F3N4O4S/c1-5(19)16-6-2-3-7(8(4-6)23(15,20)21)9-17-10(18-22-9)11(12,13)14/h2-4H,1H3,(H,16,19)(H2,15,20,21). The van der Waals surface area contributed by atoms with Crippen molar-refractivity contribution in [3.05, 3.63) is 24.0 Å². The monoisotopic (exact) mass is 350 g/mol. The molecule has 8 nitrogen and oxygen atoms in total. The smallest absolute Gasteiger partial charge is 0.334 e. The molecule has 0 unspecified atom stereocenters. The van der Waals surface area contributed by atoms with Gasteiger partial charge in [0.25, 0.3) is 11.7 Å². The summed E-state index contributed by atoms with van der Waals surface area (Å²) in [5.41, 5.74) is -0.231. The van der Waals surface area contributed by atoms with Crippen LogP contribution in [0.1, 0.15) is 12.7 Å². The first-order valence-corrected chi connectivity index (χ1v) is 7.39. The summed E-state index contributed by atoms with van der Waals surface area (Å²) in [5, 5.41) is 10.1. The van der Waals surface area contributed by atoms with Crippen molar-refractivity contribution in [2.24, 2.45) is 5.14 Å². The highest BCUT2D eigenvalue weighted by Crippen LogP contribution is 2.32. The van der Waals surface area contributed by atoms with Crippen LogP contribution in [0.4, 0.5) is 18.9 Å². The minimum atomic E-state index is -4.85. The summed E-state index contributed by atoms with van der Waals surface area (Å²) in [6.45, 7) is 1.19. The second kappa shape index (κ2) is 5.62. The Morgan fingerprint density at radius 2 is 2.00 bits per heavy atom. The summed E-state index contributed by atoms with van der Waals surface area (Å²) in [5.74, 6) is -2.70. The fraction of sp³-hybridized carbons (Fsp3) is 0.182. The van der Waals surface area contributed by atoms with Crippen LogP contribution in [-0.4, -0.2) is 24.5 Å². The minimum Gasteiger partial charge on any atom is -0.334 e. The van der Waals surface area contributed by atoms with E-state index in [4.69, 9.17) is 5.14 Å². The number of sulfonamides is 1. The zero-order valence-corrected chi connectivity index (χ0v) is 12.2. The molecule has 1 aromatic carbocycles. The van der Waals surface area contributed by atoms with E-state index in [1.54, 1.807) is 0 Å². The number of amides is 1. The van der Waals surface area contributed by atoms with Crippen LogP contribution in [0.15, 0.2) is 27.6 Å². The van der Waals surface area contributed by atoms with Gasteiger partial charge in [-0.3, -0.25) is 4.79 Å². The lowest BCUT2D eigenvalue weighted by molar-refractivity contribution is -0.146. The predicted molar refractivity (Wildman–Crippen MR) is 70.4 cm³/mol. The molecule has 0 bridgehead atoms. The van der Waals surface area contributed by atoms with Gasteiger partial charge in [0, 0.05) is 12.6 Å². The largest absolute Gasteiger partial charge is 0.455 e. The molecule has 0 saturated carbocycles. The number of primary sulfonamides is 1. The maximum Gasteiger partial charge on any atom is 0.455 e. The highest BCUT2D eigenvalue weighted by Gasteiger charge is 2.37. The molecule has 0 aliphatic carbocycles. The summed E-state index contributed by atoms with van der Waals surface area (Å²) in [6, 6.07) is 3.32. The van der Waals surface area contributed by atoms with Crippen LogP contribution in [-0.2, 0) is 21.0 Å². The molecule has 0 radical (unpaired) electrons. The van der Waals surface area contributed by atoms with Gasteiger partial charge in [0.1, 0.15) is 0 Å². The average molecular weight is 350 g/mol. The molecule has 12 heteroatoms. The summed E-state index contributed by atoms with van der Waals surface area (Å²) in [6.07, 6.45) is -4.85. The lowest BCUT2D eigenvalue weighted by Gasteiger charge is -2.08. The van der Waals surface area contributed by atoms with Gasteiger partial charge >= 0.3 is 6.18 Å². The van der Waals surface area contributed by atoms with Gasteiger partial charge in [-0.25, -0.2) is 13.6 Å². The fourth-order valence-electron chi connectivity index (χ4n) is 1.66. The van der Waals surface area contributed by atoms with Crippen molar-refractivity contribution < 1.29 is 30.9 Å². The van der Waals surface area contributed by atoms with Crippen LogP contribution in [0.25, 0.3) is 11.5 Å². The Morgan fingerprint density at radius 3 is 2.48 bits per heavy atom. The zero-order valence-electron chi connectivity index (χ0n) is 11.4. The molecule has 0 aliphatic heterocycles. The molecule has 124 valence electrons. The SMILES string of the molecule is CC(=O)Nc1ccc(-c2nc(C(F)(F)F)no2)c(S(N)(=O)=O)c1. The van der Waals surface area contributed by atoms with Crippen LogP contribution in [0.5, 0.6) is 0 Å². The number of alkyl halides is 3. The van der Waals surface area contributed by atoms with Crippen LogP contribution >= 0.6 is 0 Å². The van der Waals surface area contributed by atoms with Crippen molar-refractivity contribution in [3.63, 3.8) is 0 Å². The maximum absolute atomic E-state index is 12.5. The average Bonchev–Trinajstić information content (AvgIpc) is 2.86. The van der Waals surface area contributed by atoms with Crippen molar-refractivity contribution in [1.82, 2.24) is 10.1 Å². The quantitative estimate of drug-likeness (QED) is 0.860. The van der Waals surface area contributed by atoms with Crippen LogP contribution in [0, 0.1) is 0 Å². The summed E-state index contributed by atoms with van der Waals surface area (Å²) >= 11 is 0. The van der Waals surface area contributed by atoms with Crippen LogP contribution in [0.3, 0.4) is 0 Å². The first-order chi connectivity index (χ1) is 10.5. The van der Waals surface area contributed by atoms with Gasteiger partial charge in [-0.2, -0.15) is 18.2 Å². The number of benzene rings is 1. The Hall–Kier alpha value is -2.47. The molecule has 2 aromatic rings. The Kier molecular flexibility index (Phi) is 4.13. The van der Waals surface area contributed by atoms with E-state index in [2.05, 4.69) is 20.0 Å². The van der Waals surface area contributed by atoms with Gasteiger partial charge in [-0.15, -0.1) is 0 Å². The third-order valence-corrected chi connectivity index (χ3v) is 3.47. The lowest BCUT2D eigenvalue weighted by atomic mass is 10.2. The van der Waals surface area contributed by atoms with Crippen molar-refractivity contribution >= 4 is 21.6 Å². The van der Waals surface area contributed by atoms with Crippen LogP contribution in [0.2, 0.25) is 0 Å². The van der Waals surface area contributed by atoms with Crippen LogP contribution < -0.4 is 10.5 Å². The number of halogens is 3. The first-order valence-electron chi connectivity index (χ1n) is 5.84. The van der Waals surface area contributed by atoms with E-state index in [9.17, 15) is 26.4 Å². The number of hydrogen-bond donors (Lipinski definition) is 2. The topological polar surface area (TPSA) is 128 Å². The van der Waals surface area contributed by atoms with Gasteiger partial charge in [0.2, 0.25) is 15.9 Å². The van der Waals surface area contributed by atoms with Crippen molar-refractivity contribution in [3.8, 4) is 11.5 Å². The molecule has 3 N–H and O–H groups in total. The van der Waals surface area contributed by atoms with Crippen molar-refractivity contribution in [2.45, 2.75) is 18.0 Å². The number of carbonyl (C=O) groups is 1. The molecule has 0 saturated heterocycles. The second-order valence-corrected chi connectivity index (χ2v) is 5.89. The molecule has 0 aliphatic rings. The second-order valence-electron chi connectivity index (χ2n) is 4.36. The molecule has 1 amide bonds. The fourth-order valence-corrected chi connectivity index (χ4v) is 2.42. The van der Waals surface area contributed by atoms with Gasteiger partial charge in [-0.1, -0.05) is 5.16 Å². The molecule has 0 spiro atoms. The molecule has 0 atom stereocenters. The number of nitrogens with zero attached hydrogens (tertiary/aromatic N) is 2. The minimum absolute atomic E-state index is 0.0841.